The van der Waals surface area contributed by atoms with Crippen molar-refractivity contribution in [3.8, 4) is 5.75 Å². The van der Waals surface area contributed by atoms with E-state index in [2.05, 4.69) is 15.4 Å². The van der Waals surface area contributed by atoms with E-state index >= 15 is 0 Å². The number of methoxy groups -OCH3 is 1. The Kier molecular flexibility index (Phi) is 5.97. The Bertz CT molecular complexity index is 1050. The zero-order valence-corrected chi connectivity index (χ0v) is 17.6. The van der Waals surface area contributed by atoms with Crippen molar-refractivity contribution < 1.29 is 14.3 Å². The minimum atomic E-state index is -0.445. The normalized spacial score (nSPS) is 16.9. The van der Waals surface area contributed by atoms with Gasteiger partial charge in [0.1, 0.15) is 18.4 Å². The van der Waals surface area contributed by atoms with Crippen LogP contribution < -0.4 is 15.0 Å². The molecule has 0 aliphatic carbocycles. The zero-order valence-electron chi connectivity index (χ0n) is 17.6. The number of hydrogen-bond donors (Lipinski definition) is 1. The van der Waals surface area contributed by atoms with Crippen LogP contribution in [0.15, 0.2) is 61.2 Å². The number of anilines is 1. The number of nitrogens with one attached hydrogen (secondary N) is 1. The zero-order chi connectivity index (χ0) is 21.8. The first-order valence-electron chi connectivity index (χ1n) is 10.2. The Morgan fingerprint density at radius 2 is 2.06 bits per heavy atom. The summed E-state index contributed by atoms with van der Waals surface area (Å²) in [7, 11) is 1.58. The molecule has 0 bridgehead atoms. The Labute approximate surface area is 180 Å². The second kappa shape index (κ2) is 8.99. The monoisotopic (exact) mass is 419 g/mol. The van der Waals surface area contributed by atoms with E-state index in [0.29, 0.717) is 24.5 Å². The van der Waals surface area contributed by atoms with Gasteiger partial charge in [-0.15, -0.1) is 0 Å². The van der Waals surface area contributed by atoms with Crippen LogP contribution in [-0.4, -0.2) is 40.2 Å². The minimum Gasteiger partial charge on any atom is -0.495 e. The highest BCUT2D eigenvalue weighted by Crippen LogP contribution is 2.34. The maximum Gasteiger partial charge on any atom is 0.227 e. The van der Waals surface area contributed by atoms with Gasteiger partial charge in [-0.2, -0.15) is 5.10 Å². The van der Waals surface area contributed by atoms with E-state index in [-0.39, 0.29) is 24.3 Å². The SMILES string of the molecule is COc1ccc(C)cc1N1CC(C(=O)NC(Cn2cncn2)c2ccccc2)CC1=O. The fourth-order valence-corrected chi connectivity index (χ4v) is 3.85. The molecule has 2 aromatic carbocycles. The summed E-state index contributed by atoms with van der Waals surface area (Å²) in [5.41, 5.74) is 2.69. The van der Waals surface area contributed by atoms with Crippen LogP contribution in [0.3, 0.4) is 0 Å². The summed E-state index contributed by atoms with van der Waals surface area (Å²) < 4.78 is 7.11. The molecule has 1 aliphatic heterocycles. The maximum absolute atomic E-state index is 13.1. The maximum atomic E-state index is 13.1. The second-order valence-electron chi connectivity index (χ2n) is 7.67. The number of hydrogen-bond acceptors (Lipinski definition) is 5. The smallest absolute Gasteiger partial charge is 0.227 e. The molecule has 1 saturated heterocycles. The number of ether oxygens (including phenoxy) is 1. The molecule has 1 aliphatic rings. The lowest BCUT2D eigenvalue weighted by Crippen LogP contribution is -2.37. The van der Waals surface area contributed by atoms with Crippen molar-refractivity contribution >= 4 is 17.5 Å². The third-order valence-electron chi connectivity index (χ3n) is 5.48. The van der Waals surface area contributed by atoms with Crippen LogP contribution in [0.5, 0.6) is 5.75 Å². The van der Waals surface area contributed by atoms with Gasteiger partial charge in [-0.1, -0.05) is 36.4 Å². The van der Waals surface area contributed by atoms with E-state index < -0.39 is 5.92 Å². The van der Waals surface area contributed by atoms with Crippen LogP contribution in [0, 0.1) is 12.8 Å². The van der Waals surface area contributed by atoms with Gasteiger partial charge in [-0.25, -0.2) is 4.98 Å². The number of nitrogens with zero attached hydrogens (tertiary/aromatic N) is 4. The Hall–Kier alpha value is -3.68. The van der Waals surface area contributed by atoms with Gasteiger partial charge in [0, 0.05) is 13.0 Å². The number of amides is 2. The van der Waals surface area contributed by atoms with E-state index in [1.165, 1.54) is 6.33 Å². The summed E-state index contributed by atoms with van der Waals surface area (Å²) in [6.07, 6.45) is 3.24. The molecule has 8 heteroatoms. The minimum absolute atomic E-state index is 0.0865. The van der Waals surface area contributed by atoms with Crippen LogP contribution in [0.1, 0.15) is 23.6 Å². The Morgan fingerprint density at radius 1 is 1.26 bits per heavy atom. The molecule has 2 atom stereocenters. The molecule has 1 aromatic heterocycles. The van der Waals surface area contributed by atoms with Crippen molar-refractivity contribution in [2.75, 3.05) is 18.6 Å². The molecule has 4 rings (SSSR count). The number of rotatable bonds is 7. The lowest BCUT2D eigenvalue weighted by atomic mass is 10.0. The number of carbonyl (C=O) groups is 2. The number of aromatic nitrogens is 3. The quantitative estimate of drug-likeness (QED) is 0.636. The molecule has 0 spiro atoms. The Morgan fingerprint density at radius 3 is 2.77 bits per heavy atom. The van der Waals surface area contributed by atoms with Crippen LogP contribution in [0.4, 0.5) is 5.69 Å². The second-order valence-corrected chi connectivity index (χ2v) is 7.67. The average Bonchev–Trinajstić information content (AvgIpc) is 3.43. The fourth-order valence-electron chi connectivity index (χ4n) is 3.85. The largest absolute Gasteiger partial charge is 0.495 e. The summed E-state index contributed by atoms with van der Waals surface area (Å²) in [6, 6.07) is 15.1. The molecular formula is C23H25N5O3. The number of benzene rings is 2. The van der Waals surface area contributed by atoms with E-state index in [4.69, 9.17) is 4.74 Å². The van der Waals surface area contributed by atoms with Crippen molar-refractivity contribution in [3.05, 3.63) is 72.3 Å². The van der Waals surface area contributed by atoms with E-state index in [0.717, 1.165) is 11.1 Å². The number of aryl methyl sites for hydroxylation is 1. The molecule has 3 aromatic rings. The molecule has 2 heterocycles. The van der Waals surface area contributed by atoms with Gasteiger partial charge in [-0.05, 0) is 30.2 Å². The first kappa shape index (κ1) is 20.6. The van der Waals surface area contributed by atoms with E-state index in [9.17, 15) is 9.59 Å². The lowest BCUT2D eigenvalue weighted by molar-refractivity contribution is -0.127. The summed E-state index contributed by atoms with van der Waals surface area (Å²) in [4.78, 5) is 31.5. The van der Waals surface area contributed by atoms with Gasteiger partial charge < -0.3 is 15.0 Å². The fraction of sp³-hybridized carbons (Fsp3) is 0.304. The molecule has 2 amide bonds. The van der Waals surface area contributed by atoms with Crippen LogP contribution >= 0.6 is 0 Å². The van der Waals surface area contributed by atoms with Gasteiger partial charge >= 0.3 is 0 Å². The van der Waals surface area contributed by atoms with Crippen LogP contribution in [-0.2, 0) is 16.1 Å². The first-order chi connectivity index (χ1) is 15.0. The standard InChI is InChI=1S/C23H25N5O3/c1-16-8-9-21(31-2)20(10-16)28-12-18(11-22(28)29)23(30)26-19(13-27-15-24-14-25-27)17-6-4-3-5-7-17/h3-10,14-15,18-19H,11-13H2,1-2H3,(H,26,30). The molecule has 0 radical (unpaired) electrons. The predicted molar refractivity (Wildman–Crippen MR) is 116 cm³/mol. The van der Waals surface area contributed by atoms with Crippen LogP contribution in [0.25, 0.3) is 0 Å². The van der Waals surface area contributed by atoms with Crippen molar-refractivity contribution in [1.82, 2.24) is 20.1 Å². The highest BCUT2D eigenvalue weighted by molar-refractivity contribution is 6.01. The van der Waals surface area contributed by atoms with Gasteiger partial charge in [0.15, 0.2) is 0 Å². The molecule has 2 unspecified atom stereocenters. The topological polar surface area (TPSA) is 89.3 Å². The van der Waals surface area contributed by atoms with Crippen LogP contribution in [0.2, 0.25) is 0 Å². The molecule has 8 nitrogen and oxygen atoms in total. The van der Waals surface area contributed by atoms with Gasteiger partial charge in [0.2, 0.25) is 11.8 Å². The van der Waals surface area contributed by atoms with E-state index in [1.54, 1.807) is 23.0 Å². The third kappa shape index (κ3) is 4.58. The van der Waals surface area contributed by atoms with Crippen molar-refractivity contribution in [3.63, 3.8) is 0 Å². The first-order valence-corrected chi connectivity index (χ1v) is 10.2. The highest BCUT2D eigenvalue weighted by Gasteiger charge is 2.37. The Balaban J connectivity index is 1.51. The van der Waals surface area contributed by atoms with Crippen molar-refractivity contribution in [2.45, 2.75) is 25.9 Å². The number of carbonyl (C=O) groups excluding carboxylic acids is 2. The average molecular weight is 419 g/mol. The summed E-state index contributed by atoms with van der Waals surface area (Å²) >= 11 is 0. The highest BCUT2D eigenvalue weighted by atomic mass is 16.5. The molecule has 31 heavy (non-hydrogen) atoms. The van der Waals surface area contributed by atoms with Gasteiger partial charge in [0.25, 0.3) is 0 Å². The molecule has 1 N–H and O–H groups in total. The van der Waals surface area contributed by atoms with Crippen molar-refractivity contribution in [2.24, 2.45) is 5.92 Å². The molecule has 1 fully saturated rings. The van der Waals surface area contributed by atoms with Gasteiger partial charge in [-0.3, -0.25) is 14.3 Å². The summed E-state index contributed by atoms with van der Waals surface area (Å²) in [6.45, 7) is 2.73. The third-order valence-corrected chi connectivity index (χ3v) is 5.48. The predicted octanol–water partition coefficient (Wildman–Crippen LogP) is 2.51. The summed E-state index contributed by atoms with van der Waals surface area (Å²) in [5, 5.41) is 7.26. The molecule has 160 valence electrons. The lowest BCUT2D eigenvalue weighted by Gasteiger charge is -2.22. The summed E-state index contributed by atoms with van der Waals surface area (Å²) in [5.74, 6) is -0.0685. The van der Waals surface area contributed by atoms with Crippen molar-refractivity contribution in [1.29, 1.82) is 0 Å². The van der Waals surface area contributed by atoms with Gasteiger partial charge in [0.05, 0.1) is 31.3 Å². The molecular weight excluding hydrogens is 394 g/mol. The molecule has 0 saturated carbocycles. The van der Waals surface area contributed by atoms with E-state index in [1.807, 2.05) is 55.5 Å².